The number of carbonyl (C=O) groups is 2. The number of pyridine rings is 1. The molecule has 146 valence electrons. The Labute approximate surface area is 161 Å². The molecule has 3 aromatic rings. The van der Waals surface area contributed by atoms with Gasteiger partial charge in [-0.05, 0) is 18.2 Å². The first-order chi connectivity index (χ1) is 13.1. The molecule has 10 heteroatoms. The van der Waals surface area contributed by atoms with Crippen molar-refractivity contribution in [2.75, 3.05) is 5.32 Å². The number of carbonyl (C=O) groups excluding carboxylic acids is 1. The van der Waals surface area contributed by atoms with Crippen LogP contribution in [0.15, 0.2) is 42.7 Å². The average molecular weight is 412 g/mol. The lowest BCUT2D eigenvalue weighted by atomic mass is 10.1. The SMILES string of the molecule is O=C(O)CCC(=O)Nc1ccc(-c2cn3cc(C(F)(F)F)cc(Cl)c3n2)cc1. The summed E-state index contributed by atoms with van der Waals surface area (Å²) < 4.78 is 40.0. The summed E-state index contributed by atoms with van der Waals surface area (Å²) >= 11 is 5.93. The number of nitrogens with one attached hydrogen (secondary N) is 1. The standard InChI is InChI=1S/C18H13ClF3N3O3/c19-13-7-11(18(20,21)22)8-25-9-14(24-17(13)25)10-1-3-12(4-2-10)23-15(26)5-6-16(27)28/h1-4,7-9H,5-6H2,(H,23,26)(H,27,28). The molecule has 2 aromatic heterocycles. The molecule has 0 aliphatic rings. The minimum absolute atomic E-state index is 0.122. The number of anilines is 1. The Balaban J connectivity index is 1.82. The Morgan fingerprint density at radius 3 is 2.43 bits per heavy atom. The zero-order chi connectivity index (χ0) is 20.5. The van der Waals surface area contributed by atoms with E-state index in [2.05, 4.69) is 10.3 Å². The van der Waals surface area contributed by atoms with Crippen LogP contribution in [0.5, 0.6) is 0 Å². The number of carboxylic acids is 1. The molecule has 0 aliphatic heterocycles. The number of rotatable bonds is 5. The van der Waals surface area contributed by atoms with Crippen molar-refractivity contribution in [1.29, 1.82) is 0 Å². The molecular weight excluding hydrogens is 399 g/mol. The normalized spacial score (nSPS) is 11.6. The molecule has 0 unspecified atom stereocenters. The van der Waals surface area contributed by atoms with Crippen LogP contribution in [0, 0.1) is 0 Å². The Morgan fingerprint density at radius 1 is 1.14 bits per heavy atom. The first-order valence-electron chi connectivity index (χ1n) is 8.01. The molecule has 0 radical (unpaired) electrons. The summed E-state index contributed by atoms with van der Waals surface area (Å²) in [7, 11) is 0. The van der Waals surface area contributed by atoms with Gasteiger partial charge in [-0.1, -0.05) is 23.7 Å². The number of fused-ring (bicyclic) bond motifs is 1. The second-order valence-corrected chi connectivity index (χ2v) is 6.36. The van der Waals surface area contributed by atoms with Gasteiger partial charge in [0.15, 0.2) is 5.65 Å². The third kappa shape index (κ3) is 4.42. The molecule has 2 N–H and O–H groups in total. The predicted octanol–water partition coefficient (Wildman–Crippen LogP) is 4.48. The summed E-state index contributed by atoms with van der Waals surface area (Å²) in [6.07, 6.45) is -2.61. The van der Waals surface area contributed by atoms with Crippen molar-refractivity contribution in [2.45, 2.75) is 19.0 Å². The minimum Gasteiger partial charge on any atom is -0.481 e. The molecule has 0 aliphatic carbocycles. The zero-order valence-electron chi connectivity index (χ0n) is 14.1. The van der Waals surface area contributed by atoms with E-state index in [1.54, 1.807) is 24.3 Å². The van der Waals surface area contributed by atoms with E-state index >= 15 is 0 Å². The van der Waals surface area contributed by atoms with Crippen LogP contribution in [-0.4, -0.2) is 26.4 Å². The molecule has 0 saturated carbocycles. The van der Waals surface area contributed by atoms with E-state index in [1.807, 2.05) is 0 Å². The van der Waals surface area contributed by atoms with Crippen LogP contribution >= 0.6 is 11.6 Å². The van der Waals surface area contributed by atoms with Crippen LogP contribution in [0.4, 0.5) is 18.9 Å². The summed E-state index contributed by atoms with van der Waals surface area (Å²) in [4.78, 5) is 26.4. The number of alkyl halides is 3. The maximum Gasteiger partial charge on any atom is 0.417 e. The molecule has 0 saturated heterocycles. The van der Waals surface area contributed by atoms with Crippen molar-refractivity contribution < 1.29 is 27.9 Å². The molecule has 0 spiro atoms. The van der Waals surface area contributed by atoms with Crippen LogP contribution in [0.3, 0.4) is 0 Å². The van der Waals surface area contributed by atoms with Gasteiger partial charge < -0.3 is 14.8 Å². The molecule has 0 fully saturated rings. The van der Waals surface area contributed by atoms with Gasteiger partial charge in [-0.2, -0.15) is 13.2 Å². The summed E-state index contributed by atoms with van der Waals surface area (Å²) in [6.45, 7) is 0. The molecule has 6 nitrogen and oxygen atoms in total. The number of hydrogen-bond donors (Lipinski definition) is 2. The van der Waals surface area contributed by atoms with Crippen molar-refractivity contribution in [2.24, 2.45) is 0 Å². The molecular formula is C18H13ClF3N3O3. The average Bonchev–Trinajstić information content (AvgIpc) is 3.05. The molecule has 1 aromatic carbocycles. The van der Waals surface area contributed by atoms with Crippen LogP contribution in [0.25, 0.3) is 16.9 Å². The van der Waals surface area contributed by atoms with E-state index in [0.29, 0.717) is 16.9 Å². The fourth-order valence-electron chi connectivity index (χ4n) is 2.52. The van der Waals surface area contributed by atoms with Crippen molar-refractivity contribution >= 4 is 34.8 Å². The lowest BCUT2D eigenvalue weighted by Crippen LogP contribution is -2.13. The molecule has 3 rings (SSSR count). The van der Waals surface area contributed by atoms with Gasteiger partial charge in [0.2, 0.25) is 5.91 Å². The largest absolute Gasteiger partial charge is 0.481 e. The van der Waals surface area contributed by atoms with Gasteiger partial charge in [0, 0.05) is 30.1 Å². The van der Waals surface area contributed by atoms with Crippen LogP contribution in [-0.2, 0) is 15.8 Å². The van der Waals surface area contributed by atoms with Crippen molar-refractivity contribution in [3.63, 3.8) is 0 Å². The van der Waals surface area contributed by atoms with E-state index in [1.165, 1.54) is 10.6 Å². The quantitative estimate of drug-likeness (QED) is 0.648. The highest BCUT2D eigenvalue weighted by Crippen LogP contribution is 2.33. The summed E-state index contributed by atoms with van der Waals surface area (Å²) in [5.74, 6) is -1.50. The highest BCUT2D eigenvalue weighted by atomic mass is 35.5. The number of carboxylic acid groups (broad SMARTS) is 1. The summed E-state index contributed by atoms with van der Waals surface area (Å²) in [5, 5.41) is 11.0. The first kappa shape index (κ1) is 19.7. The number of benzene rings is 1. The number of nitrogens with zero attached hydrogens (tertiary/aromatic N) is 2. The van der Waals surface area contributed by atoms with Gasteiger partial charge >= 0.3 is 12.1 Å². The van der Waals surface area contributed by atoms with E-state index in [0.717, 1.165) is 12.3 Å². The smallest absolute Gasteiger partial charge is 0.417 e. The molecule has 28 heavy (non-hydrogen) atoms. The number of hydrogen-bond acceptors (Lipinski definition) is 3. The van der Waals surface area contributed by atoms with Gasteiger partial charge in [-0.15, -0.1) is 0 Å². The second-order valence-electron chi connectivity index (χ2n) is 5.95. The number of halogens is 4. The van der Waals surface area contributed by atoms with Crippen LogP contribution in [0.1, 0.15) is 18.4 Å². The van der Waals surface area contributed by atoms with Gasteiger partial charge in [0.05, 0.1) is 22.7 Å². The highest BCUT2D eigenvalue weighted by molar-refractivity contribution is 6.33. The second kappa shape index (κ2) is 7.51. The fraction of sp³-hybridized carbons (Fsp3) is 0.167. The zero-order valence-corrected chi connectivity index (χ0v) is 14.9. The topological polar surface area (TPSA) is 83.7 Å². The molecule has 2 heterocycles. The van der Waals surface area contributed by atoms with E-state index < -0.39 is 23.6 Å². The van der Waals surface area contributed by atoms with Crippen molar-refractivity contribution in [3.05, 3.63) is 53.3 Å². The fourth-order valence-corrected chi connectivity index (χ4v) is 2.78. The van der Waals surface area contributed by atoms with Gasteiger partial charge in [-0.25, -0.2) is 4.98 Å². The van der Waals surface area contributed by atoms with E-state index in [4.69, 9.17) is 16.7 Å². The third-order valence-corrected chi connectivity index (χ3v) is 4.14. The van der Waals surface area contributed by atoms with Crippen molar-refractivity contribution in [1.82, 2.24) is 9.38 Å². The first-order valence-corrected chi connectivity index (χ1v) is 8.39. The predicted molar refractivity (Wildman–Crippen MR) is 96.1 cm³/mol. The highest BCUT2D eigenvalue weighted by Gasteiger charge is 2.31. The van der Waals surface area contributed by atoms with Gasteiger partial charge in [0.1, 0.15) is 0 Å². The maximum absolute atomic E-state index is 12.9. The number of aromatic nitrogens is 2. The van der Waals surface area contributed by atoms with Crippen LogP contribution < -0.4 is 5.32 Å². The van der Waals surface area contributed by atoms with Gasteiger partial charge in [0.25, 0.3) is 0 Å². The third-order valence-electron chi connectivity index (χ3n) is 3.86. The molecule has 1 amide bonds. The summed E-state index contributed by atoms with van der Waals surface area (Å²) in [6, 6.07) is 7.26. The van der Waals surface area contributed by atoms with Gasteiger partial charge in [-0.3, -0.25) is 9.59 Å². The lowest BCUT2D eigenvalue weighted by Gasteiger charge is -2.07. The Morgan fingerprint density at radius 2 is 1.82 bits per heavy atom. The minimum atomic E-state index is -4.53. The molecule has 0 atom stereocenters. The number of imidazole rings is 1. The maximum atomic E-state index is 12.9. The van der Waals surface area contributed by atoms with E-state index in [-0.39, 0.29) is 23.5 Å². The number of amides is 1. The molecule has 0 bridgehead atoms. The number of aliphatic carboxylic acids is 1. The van der Waals surface area contributed by atoms with Crippen molar-refractivity contribution in [3.8, 4) is 11.3 Å². The Kier molecular flexibility index (Phi) is 5.28. The monoisotopic (exact) mass is 411 g/mol. The summed E-state index contributed by atoms with van der Waals surface area (Å²) in [5.41, 5.74) is 0.784. The van der Waals surface area contributed by atoms with Crippen LogP contribution in [0.2, 0.25) is 5.02 Å². The van der Waals surface area contributed by atoms with E-state index in [9.17, 15) is 22.8 Å². The lowest BCUT2D eigenvalue weighted by molar-refractivity contribution is -0.138. The Bertz CT molecular complexity index is 1050. The Hall–Kier alpha value is -3.07.